The van der Waals surface area contributed by atoms with Gasteiger partial charge in [-0.25, -0.2) is 0 Å². The summed E-state index contributed by atoms with van der Waals surface area (Å²) in [5, 5.41) is 3.31. The van der Waals surface area contributed by atoms with Gasteiger partial charge in [-0.15, -0.1) is 11.3 Å². The monoisotopic (exact) mass is 311 g/mol. The number of likely N-dealkylation sites (N-methyl/N-ethyl adjacent to an activating group) is 1. The molecular weight excluding hydrogens is 298 g/mol. The summed E-state index contributed by atoms with van der Waals surface area (Å²) in [4.78, 5) is 5.41. The third kappa shape index (κ3) is 3.06. The highest BCUT2D eigenvalue weighted by Gasteiger charge is 2.13. The first-order valence-corrected chi connectivity index (χ1v) is 6.92. The zero-order valence-electron chi connectivity index (χ0n) is 9.48. The smallest absolute Gasteiger partial charge is 0.0701 e. The molecule has 0 aromatic carbocycles. The number of aromatic nitrogens is 1. The summed E-state index contributed by atoms with van der Waals surface area (Å²) in [7, 11) is 1.96. The molecule has 0 aliphatic heterocycles. The highest BCUT2D eigenvalue weighted by Crippen LogP contribution is 2.29. The fourth-order valence-electron chi connectivity index (χ4n) is 1.69. The second-order valence-corrected chi connectivity index (χ2v) is 6.26. The molecule has 90 valence electrons. The lowest BCUT2D eigenvalue weighted by molar-refractivity contribution is 0.602. The summed E-state index contributed by atoms with van der Waals surface area (Å²) in [6.45, 7) is 0. The number of halogens is 1. The first kappa shape index (κ1) is 12.5. The number of nitrogens with zero attached hydrogens (tertiary/aromatic N) is 1. The molecule has 0 aliphatic carbocycles. The van der Waals surface area contributed by atoms with Crippen molar-refractivity contribution in [2.75, 3.05) is 12.8 Å². The van der Waals surface area contributed by atoms with E-state index in [0.717, 1.165) is 21.5 Å². The van der Waals surface area contributed by atoms with Gasteiger partial charge in [-0.2, -0.15) is 0 Å². The number of nitrogens with one attached hydrogen (secondary N) is 1. The van der Waals surface area contributed by atoms with E-state index in [1.807, 2.05) is 19.3 Å². The summed E-state index contributed by atoms with van der Waals surface area (Å²) in [6, 6.07) is 6.31. The quantitative estimate of drug-likeness (QED) is 0.912. The fourth-order valence-corrected chi connectivity index (χ4v) is 3.22. The third-order valence-corrected chi connectivity index (χ3v) is 4.39. The lowest BCUT2D eigenvalue weighted by atomic mass is 10.1. The van der Waals surface area contributed by atoms with Crippen LogP contribution in [0.25, 0.3) is 0 Å². The average Bonchev–Trinajstić information content (AvgIpc) is 2.75. The predicted molar refractivity (Wildman–Crippen MR) is 76.2 cm³/mol. The molecule has 17 heavy (non-hydrogen) atoms. The summed E-state index contributed by atoms with van der Waals surface area (Å²) in [5.41, 5.74) is 7.81. The number of pyridine rings is 1. The van der Waals surface area contributed by atoms with Crippen LogP contribution in [0.1, 0.15) is 16.5 Å². The van der Waals surface area contributed by atoms with Gasteiger partial charge in [-0.3, -0.25) is 4.98 Å². The second-order valence-electron chi connectivity index (χ2n) is 3.76. The van der Waals surface area contributed by atoms with Gasteiger partial charge in [0.05, 0.1) is 3.79 Å². The Morgan fingerprint density at radius 3 is 2.88 bits per heavy atom. The first-order chi connectivity index (χ1) is 8.20. The lowest BCUT2D eigenvalue weighted by Gasteiger charge is -2.15. The van der Waals surface area contributed by atoms with E-state index in [1.165, 1.54) is 4.88 Å². The standard InChI is InChI=1S/C12H14BrN3S/c1-15-10(11-2-3-12(13)17-11)6-8-7-16-5-4-9(8)14/h2-5,7,10,15H,6H2,1H3,(H2,14,16). The number of nitrogen functional groups attached to an aromatic ring is 1. The topological polar surface area (TPSA) is 50.9 Å². The zero-order valence-corrected chi connectivity index (χ0v) is 11.9. The van der Waals surface area contributed by atoms with Gasteiger partial charge in [0.1, 0.15) is 0 Å². The maximum atomic E-state index is 5.93. The number of anilines is 1. The lowest BCUT2D eigenvalue weighted by Crippen LogP contribution is -2.18. The van der Waals surface area contributed by atoms with Gasteiger partial charge in [0.25, 0.3) is 0 Å². The molecule has 2 rings (SSSR count). The van der Waals surface area contributed by atoms with Crippen LogP contribution in [-0.4, -0.2) is 12.0 Å². The van der Waals surface area contributed by atoms with Gasteiger partial charge < -0.3 is 11.1 Å². The molecule has 2 heterocycles. The normalized spacial score (nSPS) is 12.6. The van der Waals surface area contributed by atoms with Crippen LogP contribution in [0.3, 0.4) is 0 Å². The van der Waals surface area contributed by atoms with Crippen molar-refractivity contribution in [1.29, 1.82) is 0 Å². The zero-order chi connectivity index (χ0) is 12.3. The van der Waals surface area contributed by atoms with Gasteiger partial charge in [0, 0.05) is 29.0 Å². The van der Waals surface area contributed by atoms with Crippen LogP contribution in [0.2, 0.25) is 0 Å². The second kappa shape index (κ2) is 5.62. The summed E-state index contributed by atoms with van der Waals surface area (Å²) in [6.07, 6.45) is 4.40. The van der Waals surface area contributed by atoms with Crippen LogP contribution >= 0.6 is 27.3 Å². The molecule has 0 saturated carbocycles. The number of hydrogen-bond donors (Lipinski definition) is 2. The van der Waals surface area contributed by atoms with Crippen LogP contribution in [-0.2, 0) is 6.42 Å². The van der Waals surface area contributed by atoms with E-state index in [2.05, 4.69) is 38.4 Å². The minimum absolute atomic E-state index is 0.276. The Kier molecular flexibility index (Phi) is 4.15. The Morgan fingerprint density at radius 1 is 1.47 bits per heavy atom. The Balaban J connectivity index is 2.18. The molecule has 0 spiro atoms. The van der Waals surface area contributed by atoms with Crippen LogP contribution in [0, 0.1) is 0 Å². The van der Waals surface area contributed by atoms with Gasteiger partial charge >= 0.3 is 0 Å². The number of thiophene rings is 1. The van der Waals surface area contributed by atoms with Crippen molar-refractivity contribution in [2.24, 2.45) is 0 Å². The summed E-state index contributed by atoms with van der Waals surface area (Å²) < 4.78 is 1.15. The van der Waals surface area contributed by atoms with Crippen LogP contribution < -0.4 is 11.1 Å². The van der Waals surface area contributed by atoms with Crippen molar-refractivity contribution in [2.45, 2.75) is 12.5 Å². The molecule has 3 nitrogen and oxygen atoms in total. The van der Waals surface area contributed by atoms with Crippen molar-refractivity contribution >= 4 is 33.0 Å². The minimum Gasteiger partial charge on any atom is -0.398 e. The van der Waals surface area contributed by atoms with E-state index in [9.17, 15) is 0 Å². The molecule has 3 N–H and O–H groups in total. The highest BCUT2D eigenvalue weighted by molar-refractivity contribution is 9.11. The van der Waals surface area contributed by atoms with Crippen LogP contribution in [0.4, 0.5) is 5.69 Å². The van der Waals surface area contributed by atoms with Crippen molar-refractivity contribution in [1.82, 2.24) is 10.3 Å². The molecule has 2 aromatic rings. The SMILES string of the molecule is CNC(Cc1cnccc1N)c1ccc(Br)s1. The molecule has 0 bridgehead atoms. The Morgan fingerprint density at radius 2 is 2.29 bits per heavy atom. The maximum absolute atomic E-state index is 5.93. The van der Waals surface area contributed by atoms with Crippen LogP contribution in [0.15, 0.2) is 34.4 Å². The van der Waals surface area contributed by atoms with Crippen molar-refractivity contribution in [3.8, 4) is 0 Å². The molecule has 2 aromatic heterocycles. The Bertz CT molecular complexity index is 498. The van der Waals surface area contributed by atoms with E-state index in [1.54, 1.807) is 17.5 Å². The van der Waals surface area contributed by atoms with Gasteiger partial charge in [-0.05, 0) is 53.2 Å². The predicted octanol–water partition coefficient (Wildman–Crippen LogP) is 2.99. The van der Waals surface area contributed by atoms with Crippen molar-refractivity contribution < 1.29 is 0 Å². The van der Waals surface area contributed by atoms with E-state index in [-0.39, 0.29) is 6.04 Å². The molecule has 0 aliphatic rings. The Labute approximate surface area is 113 Å². The van der Waals surface area contributed by atoms with Gasteiger partial charge in [-0.1, -0.05) is 0 Å². The largest absolute Gasteiger partial charge is 0.398 e. The number of nitrogens with two attached hydrogens (primary N) is 1. The molecule has 1 unspecified atom stereocenters. The maximum Gasteiger partial charge on any atom is 0.0701 e. The van der Waals surface area contributed by atoms with Crippen molar-refractivity contribution in [3.63, 3.8) is 0 Å². The van der Waals surface area contributed by atoms with E-state index < -0.39 is 0 Å². The average molecular weight is 312 g/mol. The van der Waals surface area contributed by atoms with Crippen LogP contribution in [0.5, 0.6) is 0 Å². The number of rotatable bonds is 4. The Hall–Kier alpha value is -0.910. The molecular formula is C12H14BrN3S. The highest BCUT2D eigenvalue weighted by atomic mass is 79.9. The van der Waals surface area contributed by atoms with Gasteiger partial charge in [0.15, 0.2) is 0 Å². The molecule has 5 heteroatoms. The molecule has 0 fully saturated rings. The molecule has 0 amide bonds. The van der Waals surface area contributed by atoms with E-state index >= 15 is 0 Å². The molecule has 0 radical (unpaired) electrons. The fraction of sp³-hybridized carbons (Fsp3) is 0.250. The molecule has 0 saturated heterocycles. The summed E-state index contributed by atoms with van der Waals surface area (Å²) >= 11 is 5.22. The van der Waals surface area contributed by atoms with Gasteiger partial charge in [0.2, 0.25) is 0 Å². The van der Waals surface area contributed by atoms with E-state index in [0.29, 0.717) is 0 Å². The minimum atomic E-state index is 0.276. The third-order valence-electron chi connectivity index (χ3n) is 2.65. The summed E-state index contributed by atoms with van der Waals surface area (Å²) in [5.74, 6) is 0. The van der Waals surface area contributed by atoms with E-state index in [4.69, 9.17) is 5.73 Å². The molecule has 1 atom stereocenters. The van der Waals surface area contributed by atoms with Crippen molar-refractivity contribution in [3.05, 3.63) is 44.8 Å². The number of hydrogen-bond acceptors (Lipinski definition) is 4. The first-order valence-electron chi connectivity index (χ1n) is 5.31.